The molecule has 1 unspecified atom stereocenters. The first-order valence-corrected chi connectivity index (χ1v) is 8.73. The normalized spacial score (nSPS) is 12.9. The molecule has 0 heterocycles. The average molecular weight is 354 g/mol. The third kappa shape index (κ3) is 9.13. The lowest BCUT2D eigenvalue weighted by atomic mass is 10.1. The quantitative estimate of drug-likeness (QED) is 0.116. The maximum atomic E-state index is 11.5. The maximum absolute atomic E-state index is 11.5. The molecule has 0 saturated carbocycles. The highest BCUT2D eigenvalue weighted by Gasteiger charge is 2.51. The molecular weight excluding hydrogens is 328 g/mol. The minimum atomic E-state index is -3.72. The van der Waals surface area contributed by atoms with E-state index in [-0.39, 0.29) is 12.7 Å². The Balaban J connectivity index is 4.35. The van der Waals surface area contributed by atoms with Crippen LogP contribution in [0.2, 0.25) is 0 Å². The van der Waals surface area contributed by atoms with Gasteiger partial charge in [-0.05, 0) is 26.2 Å². The van der Waals surface area contributed by atoms with Crippen LogP contribution in [-0.2, 0) is 42.4 Å². The molecule has 0 spiro atoms. The van der Waals surface area contributed by atoms with E-state index < -0.39 is 15.0 Å². The lowest BCUT2D eigenvalue weighted by molar-refractivity contribution is -0.370. The molecule has 136 valence electrons. The van der Waals surface area contributed by atoms with Crippen LogP contribution in [0.25, 0.3) is 0 Å². The van der Waals surface area contributed by atoms with Crippen molar-refractivity contribution in [1.29, 1.82) is 0 Å². The molecule has 0 rings (SSSR count). The van der Waals surface area contributed by atoms with E-state index in [4.69, 9.17) is 22.9 Å². The van der Waals surface area contributed by atoms with Gasteiger partial charge in [0.2, 0.25) is 0 Å². The molecule has 0 radical (unpaired) electrons. The molecule has 0 fully saturated rings. The summed E-state index contributed by atoms with van der Waals surface area (Å²) in [5.41, 5.74) is 0.363. The standard InChI is InChI=1S/C13H26O9Si/c1-7-12(19-13(14)11(2)3)9-8-10-18-23(20-15-4,21-16-5)22-17-6/h12H,2,7-10H2,1,3-6H3. The van der Waals surface area contributed by atoms with Crippen molar-refractivity contribution in [3.63, 3.8) is 0 Å². The highest BCUT2D eigenvalue weighted by atomic mass is 28.4. The average Bonchev–Trinajstić information content (AvgIpc) is 2.50. The minimum Gasteiger partial charge on any atom is -0.459 e. The van der Waals surface area contributed by atoms with Crippen LogP contribution in [0.5, 0.6) is 0 Å². The van der Waals surface area contributed by atoms with E-state index in [2.05, 4.69) is 21.2 Å². The largest absolute Gasteiger partial charge is 0.764 e. The van der Waals surface area contributed by atoms with E-state index in [9.17, 15) is 4.79 Å². The van der Waals surface area contributed by atoms with E-state index >= 15 is 0 Å². The van der Waals surface area contributed by atoms with Crippen molar-refractivity contribution in [3.05, 3.63) is 12.2 Å². The summed E-state index contributed by atoms with van der Waals surface area (Å²) >= 11 is 0. The molecule has 0 aliphatic heterocycles. The molecule has 1 atom stereocenters. The van der Waals surface area contributed by atoms with Crippen LogP contribution < -0.4 is 0 Å². The monoisotopic (exact) mass is 354 g/mol. The Kier molecular flexibility index (Phi) is 12.1. The Morgan fingerprint density at radius 1 is 1.09 bits per heavy atom. The molecule has 0 N–H and O–H groups in total. The van der Waals surface area contributed by atoms with Gasteiger partial charge < -0.3 is 9.16 Å². The topological polar surface area (TPSA) is 90.9 Å². The molecule has 10 heteroatoms. The van der Waals surface area contributed by atoms with E-state index in [0.717, 1.165) is 0 Å². The Hall–Kier alpha value is -0.853. The molecule has 0 amide bonds. The van der Waals surface area contributed by atoms with Gasteiger partial charge >= 0.3 is 15.0 Å². The summed E-state index contributed by atoms with van der Waals surface area (Å²) in [5.74, 6) is -0.408. The van der Waals surface area contributed by atoms with Crippen LogP contribution in [0.3, 0.4) is 0 Å². The van der Waals surface area contributed by atoms with Gasteiger partial charge in [0, 0.05) is 12.2 Å². The molecule has 0 aromatic heterocycles. The smallest absolute Gasteiger partial charge is 0.459 e. The van der Waals surface area contributed by atoms with Gasteiger partial charge in [-0.2, -0.15) is 13.7 Å². The third-order valence-electron chi connectivity index (χ3n) is 2.58. The maximum Gasteiger partial charge on any atom is 0.764 e. The lowest BCUT2D eigenvalue weighted by Crippen LogP contribution is -2.48. The first kappa shape index (κ1) is 22.1. The molecule has 0 aromatic carbocycles. The van der Waals surface area contributed by atoms with Crippen LogP contribution in [0.1, 0.15) is 33.1 Å². The predicted molar refractivity (Wildman–Crippen MR) is 80.2 cm³/mol. The van der Waals surface area contributed by atoms with Crippen LogP contribution >= 0.6 is 0 Å². The predicted octanol–water partition coefficient (Wildman–Crippen LogP) is 1.85. The van der Waals surface area contributed by atoms with Crippen molar-refractivity contribution in [2.24, 2.45) is 0 Å². The summed E-state index contributed by atoms with van der Waals surface area (Å²) in [7, 11) is 0.0973. The number of carbonyl (C=O) groups excluding carboxylic acids is 1. The molecule has 9 nitrogen and oxygen atoms in total. The van der Waals surface area contributed by atoms with Crippen LogP contribution in [0.15, 0.2) is 12.2 Å². The van der Waals surface area contributed by atoms with E-state index in [1.165, 1.54) is 21.3 Å². The minimum absolute atomic E-state index is 0.198. The molecule has 0 aliphatic carbocycles. The van der Waals surface area contributed by atoms with Crippen molar-refractivity contribution in [1.82, 2.24) is 0 Å². The second-order valence-corrected chi connectivity index (χ2v) is 6.25. The molecule has 0 aliphatic rings. The van der Waals surface area contributed by atoms with E-state index in [0.29, 0.717) is 24.8 Å². The van der Waals surface area contributed by atoms with Gasteiger partial charge in [0.25, 0.3) is 0 Å². The zero-order valence-electron chi connectivity index (χ0n) is 14.3. The number of esters is 1. The second kappa shape index (κ2) is 12.6. The second-order valence-electron chi connectivity index (χ2n) is 4.46. The SMILES string of the molecule is C=C(C)C(=O)OC(CC)CCCO[Si](OOC)(OOC)OOC. The zero-order chi connectivity index (χ0) is 17.7. The molecule has 0 aromatic rings. The number of hydrogen-bond donors (Lipinski definition) is 0. The van der Waals surface area contributed by atoms with Gasteiger partial charge in [-0.3, -0.25) is 0 Å². The third-order valence-corrected chi connectivity index (χ3v) is 4.25. The fraction of sp³-hybridized carbons (Fsp3) is 0.769. The van der Waals surface area contributed by atoms with Gasteiger partial charge in [-0.15, -0.1) is 0 Å². The van der Waals surface area contributed by atoms with Crippen LogP contribution in [-0.4, -0.2) is 49.1 Å². The van der Waals surface area contributed by atoms with E-state index in [1.54, 1.807) is 6.92 Å². The first-order valence-electron chi connectivity index (χ1n) is 7.10. The molecular formula is C13H26O9Si. The van der Waals surface area contributed by atoms with Gasteiger partial charge in [0.05, 0.1) is 21.3 Å². The van der Waals surface area contributed by atoms with Crippen molar-refractivity contribution in [3.8, 4) is 0 Å². The Morgan fingerprint density at radius 2 is 1.61 bits per heavy atom. The van der Waals surface area contributed by atoms with Gasteiger partial charge in [-0.1, -0.05) is 13.5 Å². The summed E-state index contributed by atoms with van der Waals surface area (Å²) in [5, 5.41) is 0. The fourth-order valence-electron chi connectivity index (χ4n) is 1.53. The van der Waals surface area contributed by atoms with Crippen molar-refractivity contribution < 1.29 is 42.4 Å². The first-order chi connectivity index (χ1) is 10.9. The number of carbonyl (C=O) groups is 1. The number of rotatable bonds is 14. The Bertz CT molecular complexity index is 333. The molecule has 23 heavy (non-hydrogen) atoms. The van der Waals surface area contributed by atoms with Crippen LogP contribution in [0.4, 0.5) is 0 Å². The van der Waals surface area contributed by atoms with Crippen molar-refractivity contribution in [2.45, 2.75) is 39.2 Å². The van der Waals surface area contributed by atoms with Gasteiger partial charge in [0.15, 0.2) is 0 Å². The van der Waals surface area contributed by atoms with Crippen molar-refractivity contribution in [2.75, 3.05) is 27.9 Å². The summed E-state index contributed by atoms with van der Waals surface area (Å²) in [6.07, 6.45) is 1.60. The van der Waals surface area contributed by atoms with Gasteiger partial charge in [0.1, 0.15) is 6.10 Å². The summed E-state index contributed by atoms with van der Waals surface area (Å²) in [4.78, 5) is 25.1. The highest BCUT2D eigenvalue weighted by Crippen LogP contribution is 2.15. The van der Waals surface area contributed by atoms with Crippen LogP contribution in [0, 0.1) is 0 Å². The highest BCUT2D eigenvalue weighted by molar-refractivity contribution is 6.52. The number of hydrogen-bond acceptors (Lipinski definition) is 9. The summed E-state index contributed by atoms with van der Waals surface area (Å²) in [6.45, 7) is 7.27. The van der Waals surface area contributed by atoms with Gasteiger partial charge in [-0.25, -0.2) is 19.5 Å². The van der Waals surface area contributed by atoms with E-state index in [1.807, 2.05) is 6.92 Å². The zero-order valence-corrected chi connectivity index (χ0v) is 15.3. The Morgan fingerprint density at radius 3 is 2.00 bits per heavy atom. The lowest BCUT2D eigenvalue weighted by Gasteiger charge is -2.23. The molecule has 0 saturated heterocycles. The number of ether oxygens (including phenoxy) is 1. The summed E-state index contributed by atoms with van der Waals surface area (Å²) in [6, 6.07) is 0. The Labute approximate surface area is 137 Å². The fourth-order valence-corrected chi connectivity index (χ4v) is 2.76. The van der Waals surface area contributed by atoms with Crippen molar-refractivity contribution >= 4 is 15.0 Å². The summed E-state index contributed by atoms with van der Waals surface area (Å²) < 4.78 is 25.3. The molecule has 0 bridgehead atoms.